The zero-order valence-electron chi connectivity index (χ0n) is 9.14. The van der Waals surface area contributed by atoms with Crippen LogP contribution in [-0.4, -0.2) is 35.7 Å². The maximum atomic E-state index is 10.8. The second-order valence-electron chi connectivity index (χ2n) is 3.68. The third kappa shape index (κ3) is 2.86. The first-order valence-corrected chi connectivity index (χ1v) is 5.27. The Kier molecular flexibility index (Phi) is 3.63. The van der Waals surface area contributed by atoms with Crippen molar-refractivity contribution in [3.8, 4) is 0 Å². The minimum Gasteiger partial charge on any atom is -0.376 e. The monoisotopic (exact) mass is 226 g/mol. The number of aryl methyl sites for hydroxylation is 1. The van der Waals surface area contributed by atoms with E-state index in [9.17, 15) is 4.79 Å². The Hall–Kier alpha value is -1.27. The summed E-state index contributed by atoms with van der Waals surface area (Å²) in [7, 11) is 0. The standard InChI is InChI=1S/C10H14N2O4/c1-7(13)2-3-9-11-10(12-16-9)8-6-14-4-5-15-8/h8H,2-6H2,1H3. The molecular formula is C10H14N2O4. The average molecular weight is 226 g/mol. The van der Waals surface area contributed by atoms with Gasteiger partial charge in [-0.2, -0.15) is 4.98 Å². The van der Waals surface area contributed by atoms with Gasteiger partial charge in [0.1, 0.15) is 11.9 Å². The number of carbonyl (C=O) groups is 1. The molecule has 0 spiro atoms. The lowest BCUT2D eigenvalue weighted by molar-refractivity contribution is -0.117. The van der Waals surface area contributed by atoms with Crippen LogP contribution in [0.25, 0.3) is 0 Å². The van der Waals surface area contributed by atoms with Gasteiger partial charge in [-0.1, -0.05) is 5.16 Å². The van der Waals surface area contributed by atoms with Gasteiger partial charge in [0.15, 0.2) is 0 Å². The molecular weight excluding hydrogens is 212 g/mol. The Bertz CT molecular complexity index is 357. The highest BCUT2D eigenvalue weighted by Crippen LogP contribution is 2.17. The number of carbonyl (C=O) groups excluding carboxylic acids is 1. The smallest absolute Gasteiger partial charge is 0.227 e. The molecule has 0 amide bonds. The lowest BCUT2D eigenvalue weighted by Gasteiger charge is -2.19. The molecule has 1 fully saturated rings. The molecule has 2 heterocycles. The van der Waals surface area contributed by atoms with Crippen molar-refractivity contribution >= 4 is 5.78 Å². The molecule has 0 aromatic carbocycles. The van der Waals surface area contributed by atoms with Gasteiger partial charge in [0.2, 0.25) is 11.7 Å². The lowest BCUT2D eigenvalue weighted by atomic mass is 10.2. The number of ether oxygens (including phenoxy) is 2. The van der Waals surface area contributed by atoms with Gasteiger partial charge in [-0.3, -0.25) is 0 Å². The Morgan fingerprint density at radius 3 is 3.06 bits per heavy atom. The van der Waals surface area contributed by atoms with E-state index in [0.29, 0.717) is 44.4 Å². The molecule has 2 rings (SSSR count). The molecule has 1 aromatic rings. The predicted molar refractivity (Wildman–Crippen MR) is 52.8 cm³/mol. The van der Waals surface area contributed by atoms with Crippen molar-refractivity contribution in [1.82, 2.24) is 10.1 Å². The number of aromatic nitrogens is 2. The van der Waals surface area contributed by atoms with E-state index in [2.05, 4.69) is 10.1 Å². The summed E-state index contributed by atoms with van der Waals surface area (Å²) in [4.78, 5) is 15.0. The van der Waals surface area contributed by atoms with Crippen LogP contribution in [-0.2, 0) is 20.7 Å². The first kappa shape index (κ1) is 11.2. The highest BCUT2D eigenvalue weighted by atomic mass is 16.6. The number of hydrogen-bond acceptors (Lipinski definition) is 6. The maximum absolute atomic E-state index is 10.8. The third-order valence-electron chi connectivity index (χ3n) is 2.28. The SMILES string of the molecule is CC(=O)CCc1nc(C2COCCO2)no1. The van der Waals surface area contributed by atoms with Gasteiger partial charge in [0.25, 0.3) is 0 Å². The molecule has 1 atom stereocenters. The van der Waals surface area contributed by atoms with Gasteiger partial charge in [0.05, 0.1) is 19.8 Å². The predicted octanol–water partition coefficient (Wildman–Crippen LogP) is 0.679. The molecule has 0 bridgehead atoms. The summed E-state index contributed by atoms with van der Waals surface area (Å²) in [5, 5.41) is 3.82. The number of nitrogens with zero attached hydrogens (tertiary/aromatic N) is 2. The second-order valence-corrected chi connectivity index (χ2v) is 3.68. The molecule has 1 aromatic heterocycles. The van der Waals surface area contributed by atoms with E-state index in [1.807, 2.05) is 0 Å². The number of rotatable bonds is 4. The summed E-state index contributed by atoms with van der Waals surface area (Å²) in [5.74, 6) is 1.08. The largest absolute Gasteiger partial charge is 0.376 e. The summed E-state index contributed by atoms with van der Waals surface area (Å²) >= 11 is 0. The second kappa shape index (κ2) is 5.18. The Morgan fingerprint density at radius 1 is 1.50 bits per heavy atom. The van der Waals surface area contributed by atoms with Crippen molar-refractivity contribution in [2.75, 3.05) is 19.8 Å². The van der Waals surface area contributed by atoms with Crippen molar-refractivity contribution in [3.05, 3.63) is 11.7 Å². The molecule has 88 valence electrons. The van der Waals surface area contributed by atoms with Crippen molar-refractivity contribution in [3.63, 3.8) is 0 Å². The summed E-state index contributed by atoms with van der Waals surface area (Å²) in [6, 6.07) is 0. The van der Waals surface area contributed by atoms with E-state index >= 15 is 0 Å². The highest BCUT2D eigenvalue weighted by Gasteiger charge is 2.22. The Balaban J connectivity index is 1.93. The van der Waals surface area contributed by atoms with Crippen molar-refractivity contribution < 1.29 is 18.8 Å². The molecule has 1 unspecified atom stereocenters. The summed E-state index contributed by atoms with van der Waals surface area (Å²) < 4.78 is 15.7. The molecule has 16 heavy (non-hydrogen) atoms. The van der Waals surface area contributed by atoms with E-state index in [1.54, 1.807) is 0 Å². The van der Waals surface area contributed by atoms with E-state index in [4.69, 9.17) is 14.0 Å². The third-order valence-corrected chi connectivity index (χ3v) is 2.28. The molecule has 0 N–H and O–H groups in total. The minimum absolute atomic E-state index is 0.108. The number of Topliss-reactive ketones (excluding diaryl/α,β-unsaturated/α-hetero) is 1. The fraction of sp³-hybridized carbons (Fsp3) is 0.700. The molecule has 1 aliphatic rings. The van der Waals surface area contributed by atoms with Gasteiger partial charge in [0, 0.05) is 12.8 Å². The van der Waals surface area contributed by atoms with Crippen LogP contribution in [0.2, 0.25) is 0 Å². The van der Waals surface area contributed by atoms with Crippen LogP contribution in [0.1, 0.15) is 31.2 Å². The van der Waals surface area contributed by atoms with E-state index < -0.39 is 0 Å². The fourth-order valence-electron chi connectivity index (χ4n) is 1.42. The number of hydrogen-bond donors (Lipinski definition) is 0. The lowest BCUT2D eigenvalue weighted by Crippen LogP contribution is -2.22. The molecule has 6 nitrogen and oxygen atoms in total. The maximum Gasteiger partial charge on any atom is 0.227 e. The van der Waals surface area contributed by atoms with Crippen LogP contribution in [0, 0.1) is 0 Å². The van der Waals surface area contributed by atoms with Crippen LogP contribution in [0.5, 0.6) is 0 Å². The minimum atomic E-state index is -0.247. The first-order chi connectivity index (χ1) is 7.75. The van der Waals surface area contributed by atoms with Crippen molar-refractivity contribution in [2.45, 2.75) is 25.9 Å². The van der Waals surface area contributed by atoms with E-state index in [0.717, 1.165) is 0 Å². The van der Waals surface area contributed by atoms with Gasteiger partial charge in [-0.25, -0.2) is 0 Å². The Labute approximate surface area is 92.9 Å². The van der Waals surface area contributed by atoms with Gasteiger partial charge in [-0.15, -0.1) is 0 Å². The van der Waals surface area contributed by atoms with Gasteiger partial charge < -0.3 is 18.8 Å². The highest BCUT2D eigenvalue weighted by molar-refractivity contribution is 5.75. The number of ketones is 1. The van der Waals surface area contributed by atoms with Crippen molar-refractivity contribution in [2.24, 2.45) is 0 Å². The molecule has 0 saturated carbocycles. The quantitative estimate of drug-likeness (QED) is 0.751. The average Bonchev–Trinajstić information content (AvgIpc) is 2.76. The van der Waals surface area contributed by atoms with Crippen molar-refractivity contribution in [1.29, 1.82) is 0 Å². The normalized spacial score (nSPS) is 20.9. The Morgan fingerprint density at radius 2 is 2.38 bits per heavy atom. The zero-order valence-corrected chi connectivity index (χ0v) is 9.14. The summed E-state index contributed by atoms with van der Waals surface area (Å²) in [5.41, 5.74) is 0. The van der Waals surface area contributed by atoms with Crippen LogP contribution in [0.4, 0.5) is 0 Å². The van der Waals surface area contributed by atoms with Gasteiger partial charge >= 0.3 is 0 Å². The van der Waals surface area contributed by atoms with E-state index in [1.165, 1.54) is 6.92 Å². The first-order valence-electron chi connectivity index (χ1n) is 5.27. The summed E-state index contributed by atoms with van der Waals surface area (Å²) in [6.45, 7) is 3.13. The molecule has 0 aliphatic carbocycles. The summed E-state index contributed by atoms with van der Waals surface area (Å²) in [6.07, 6.45) is 0.656. The van der Waals surface area contributed by atoms with Crippen LogP contribution in [0.3, 0.4) is 0 Å². The molecule has 1 aliphatic heterocycles. The van der Waals surface area contributed by atoms with Crippen LogP contribution < -0.4 is 0 Å². The van der Waals surface area contributed by atoms with Crippen LogP contribution in [0.15, 0.2) is 4.52 Å². The molecule has 0 radical (unpaired) electrons. The van der Waals surface area contributed by atoms with E-state index in [-0.39, 0.29) is 11.9 Å². The topological polar surface area (TPSA) is 74.5 Å². The van der Waals surface area contributed by atoms with Crippen LogP contribution >= 0.6 is 0 Å². The molecule has 6 heteroatoms. The fourth-order valence-corrected chi connectivity index (χ4v) is 1.42. The van der Waals surface area contributed by atoms with Gasteiger partial charge in [-0.05, 0) is 6.92 Å². The molecule has 1 saturated heterocycles. The zero-order chi connectivity index (χ0) is 11.4.